The molecule has 2 aromatic heterocycles. The largest absolute Gasteiger partial charge is 0.417 e. The van der Waals surface area contributed by atoms with Gasteiger partial charge in [-0.05, 0) is 42.8 Å². The minimum absolute atomic E-state index is 0.224. The lowest BCUT2D eigenvalue weighted by molar-refractivity contribution is -0.137. The van der Waals surface area contributed by atoms with Crippen molar-refractivity contribution in [2.75, 3.05) is 29.4 Å². The standard InChI is InChI=1S/C22H18ClF4N5O/c1-12-9-31(15-2-3-17(18(23)7-15)22(25,26)27)21(33)20-16(8-29-32(12)20)13-4-5-28-19(6-13)30-10-14(24)11-30/h2-8,12,14H,9-11H2,1H3/t12-/m0/s1. The van der Waals surface area contributed by atoms with Gasteiger partial charge in [-0.25, -0.2) is 9.37 Å². The molecule has 1 atom stereocenters. The van der Waals surface area contributed by atoms with E-state index >= 15 is 0 Å². The number of halogens is 5. The van der Waals surface area contributed by atoms with Crippen LogP contribution in [0.3, 0.4) is 0 Å². The van der Waals surface area contributed by atoms with Crippen molar-refractivity contribution in [1.82, 2.24) is 14.8 Å². The van der Waals surface area contributed by atoms with E-state index in [1.807, 2.05) is 6.92 Å². The minimum atomic E-state index is -4.59. The summed E-state index contributed by atoms with van der Waals surface area (Å²) in [5.41, 5.74) is 0.885. The summed E-state index contributed by atoms with van der Waals surface area (Å²) in [4.78, 5) is 20.9. The highest BCUT2D eigenvalue weighted by atomic mass is 35.5. The van der Waals surface area contributed by atoms with Crippen molar-refractivity contribution in [1.29, 1.82) is 0 Å². The number of hydrogen-bond acceptors (Lipinski definition) is 4. The predicted octanol–water partition coefficient (Wildman–Crippen LogP) is 5.00. The third-order valence-corrected chi connectivity index (χ3v) is 6.21. The Hall–Kier alpha value is -3.14. The molecule has 2 aliphatic rings. The Balaban J connectivity index is 1.51. The van der Waals surface area contributed by atoms with Gasteiger partial charge in [0.1, 0.15) is 17.7 Å². The zero-order valence-electron chi connectivity index (χ0n) is 17.4. The molecule has 5 rings (SSSR count). The van der Waals surface area contributed by atoms with Crippen LogP contribution in [0.4, 0.5) is 29.1 Å². The van der Waals surface area contributed by atoms with Crippen LogP contribution < -0.4 is 9.80 Å². The van der Waals surface area contributed by atoms with E-state index in [2.05, 4.69) is 10.1 Å². The van der Waals surface area contributed by atoms with Gasteiger partial charge >= 0.3 is 6.18 Å². The van der Waals surface area contributed by atoms with Crippen molar-refractivity contribution in [3.05, 3.63) is 59.0 Å². The number of anilines is 2. The van der Waals surface area contributed by atoms with Gasteiger partial charge in [0.25, 0.3) is 5.91 Å². The Morgan fingerprint density at radius 2 is 1.88 bits per heavy atom. The summed E-state index contributed by atoms with van der Waals surface area (Å²) in [5, 5.41) is 3.90. The molecule has 1 fully saturated rings. The Kier molecular flexibility index (Phi) is 5.08. The molecule has 0 bridgehead atoms. The van der Waals surface area contributed by atoms with Crippen molar-refractivity contribution in [2.24, 2.45) is 0 Å². The van der Waals surface area contributed by atoms with E-state index in [0.29, 0.717) is 22.6 Å². The molecule has 4 heterocycles. The SMILES string of the molecule is C[C@H]1CN(c2ccc(C(F)(F)F)c(Cl)c2)C(=O)c2c(-c3ccnc(N4CC(F)C4)c3)cnn21. The monoisotopic (exact) mass is 479 g/mol. The third kappa shape index (κ3) is 3.72. The Bertz CT molecular complexity index is 1240. The highest BCUT2D eigenvalue weighted by Gasteiger charge is 2.37. The van der Waals surface area contributed by atoms with Crippen LogP contribution in [-0.2, 0) is 6.18 Å². The van der Waals surface area contributed by atoms with E-state index < -0.39 is 28.8 Å². The number of pyridine rings is 1. The second kappa shape index (κ2) is 7.72. The Labute approximate surface area is 191 Å². The highest BCUT2D eigenvalue weighted by molar-refractivity contribution is 6.31. The number of nitrogens with zero attached hydrogens (tertiary/aromatic N) is 5. The summed E-state index contributed by atoms with van der Waals surface area (Å²) in [5.74, 6) is 0.201. The van der Waals surface area contributed by atoms with Crippen LogP contribution in [0.25, 0.3) is 11.1 Å². The maximum Gasteiger partial charge on any atom is 0.417 e. The topological polar surface area (TPSA) is 54.3 Å². The fourth-order valence-corrected chi connectivity index (χ4v) is 4.45. The van der Waals surface area contributed by atoms with Crippen molar-refractivity contribution in [2.45, 2.75) is 25.3 Å². The summed E-state index contributed by atoms with van der Waals surface area (Å²) in [6, 6.07) is 6.56. The Morgan fingerprint density at radius 1 is 1.12 bits per heavy atom. The maximum atomic E-state index is 13.5. The number of carbonyl (C=O) groups is 1. The molecule has 0 radical (unpaired) electrons. The predicted molar refractivity (Wildman–Crippen MR) is 115 cm³/mol. The molecule has 1 amide bonds. The van der Waals surface area contributed by atoms with Crippen LogP contribution in [0.5, 0.6) is 0 Å². The third-order valence-electron chi connectivity index (χ3n) is 5.89. The zero-order chi connectivity index (χ0) is 23.5. The van der Waals surface area contributed by atoms with E-state index in [0.717, 1.165) is 12.1 Å². The van der Waals surface area contributed by atoms with Gasteiger partial charge in [0.2, 0.25) is 0 Å². The van der Waals surface area contributed by atoms with Crippen LogP contribution in [0.1, 0.15) is 29.0 Å². The molecule has 6 nitrogen and oxygen atoms in total. The normalized spacial score (nSPS) is 19.0. The van der Waals surface area contributed by atoms with E-state index in [9.17, 15) is 22.4 Å². The van der Waals surface area contributed by atoms with Gasteiger partial charge in [0, 0.05) is 24.0 Å². The van der Waals surface area contributed by atoms with Gasteiger partial charge in [-0.2, -0.15) is 18.3 Å². The lowest BCUT2D eigenvalue weighted by Gasteiger charge is -2.35. The molecule has 0 aliphatic carbocycles. The molecule has 1 saturated heterocycles. The van der Waals surface area contributed by atoms with Gasteiger partial charge in [0.05, 0.1) is 35.9 Å². The summed E-state index contributed by atoms with van der Waals surface area (Å²) in [6.45, 7) is 2.62. The summed E-state index contributed by atoms with van der Waals surface area (Å²) >= 11 is 5.89. The molecule has 3 aromatic rings. The zero-order valence-corrected chi connectivity index (χ0v) is 18.1. The van der Waals surface area contributed by atoms with E-state index in [1.165, 1.54) is 11.0 Å². The van der Waals surface area contributed by atoms with Gasteiger partial charge < -0.3 is 9.80 Å². The van der Waals surface area contributed by atoms with Gasteiger partial charge in [0.15, 0.2) is 0 Å². The first-order valence-electron chi connectivity index (χ1n) is 10.2. The number of benzene rings is 1. The molecule has 33 heavy (non-hydrogen) atoms. The molecular formula is C22H18ClF4N5O. The van der Waals surface area contributed by atoms with Crippen molar-refractivity contribution in [3.63, 3.8) is 0 Å². The number of rotatable bonds is 3. The van der Waals surface area contributed by atoms with Crippen LogP contribution in [0.2, 0.25) is 5.02 Å². The first kappa shape index (κ1) is 21.7. The number of fused-ring (bicyclic) bond motifs is 1. The molecule has 1 aromatic carbocycles. The molecule has 172 valence electrons. The van der Waals surface area contributed by atoms with Gasteiger partial charge in [-0.15, -0.1) is 0 Å². The fraction of sp³-hybridized carbons (Fsp3) is 0.318. The maximum absolute atomic E-state index is 13.5. The quantitative estimate of drug-likeness (QED) is 0.496. The number of aromatic nitrogens is 3. The van der Waals surface area contributed by atoms with E-state index in [4.69, 9.17) is 11.6 Å². The van der Waals surface area contributed by atoms with Gasteiger partial charge in [-0.3, -0.25) is 9.48 Å². The first-order chi connectivity index (χ1) is 15.6. The molecule has 0 unspecified atom stereocenters. The van der Waals surface area contributed by atoms with Crippen molar-refractivity contribution in [3.8, 4) is 11.1 Å². The number of hydrogen-bond donors (Lipinski definition) is 0. The molecule has 0 spiro atoms. The smallest absolute Gasteiger partial charge is 0.351 e. The summed E-state index contributed by atoms with van der Waals surface area (Å²) in [6.07, 6.45) is -2.30. The highest BCUT2D eigenvalue weighted by Crippen LogP contribution is 2.39. The van der Waals surface area contributed by atoms with Crippen LogP contribution >= 0.6 is 11.6 Å². The number of carbonyl (C=O) groups excluding carboxylic acids is 1. The fourth-order valence-electron chi connectivity index (χ4n) is 4.17. The lowest BCUT2D eigenvalue weighted by atomic mass is 10.0. The lowest BCUT2D eigenvalue weighted by Crippen LogP contribution is -2.48. The van der Waals surface area contributed by atoms with Crippen LogP contribution in [-0.4, -0.2) is 46.5 Å². The molecular weight excluding hydrogens is 462 g/mol. The van der Waals surface area contributed by atoms with Crippen molar-refractivity contribution >= 4 is 29.0 Å². The molecule has 11 heteroatoms. The molecule has 0 N–H and O–H groups in total. The number of alkyl halides is 4. The minimum Gasteiger partial charge on any atom is -0.351 e. The number of amides is 1. The molecule has 0 saturated carbocycles. The first-order valence-corrected chi connectivity index (χ1v) is 10.6. The van der Waals surface area contributed by atoms with Crippen molar-refractivity contribution < 1.29 is 22.4 Å². The summed E-state index contributed by atoms with van der Waals surface area (Å²) < 4.78 is 54.2. The second-order valence-corrected chi connectivity index (χ2v) is 8.59. The second-order valence-electron chi connectivity index (χ2n) is 8.18. The van der Waals surface area contributed by atoms with E-state index in [-0.39, 0.29) is 31.4 Å². The van der Waals surface area contributed by atoms with E-state index in [1.54, 1.807) is 34.1 Å². The van der Waals surface area contributed by atoms with Gasteiger partial charge in [-0.1, -0.05) is 11.6 Å². The average molecular weight is 480 g/mol. The average Bonchev–Trinajstić information content (AvgIpc) is 3.19. The molecule has 2 aliphatic heterocycles. The Morgan fingerprint density at radius 3 is 2.55 bits per heavy atom. The van der Waals surface area contributed by atoms with Crippen LogP contribution in [0.15, 0.2) is 42.7 Å². The summed E-state index contributed by atoms with van der Waals surface area (Å²) in [7, 11) is 0. The van der Waals surface area contributed by atoms with Crippen LogP contribution in [0, 0.1) is 0 Å².